The van der Waals surface area contributed by atoms with Crippen molar-refractivity contribution in [1.29, 1.82) is 0 Å². The second kappa shape index (κ2) is 5.99. The minimum Gasteiger partial charge on any atom is -0.465 e. The largest absolute Gasteiger partial charge is 0.465 e. The van der Waals surface area contributed by atoms with Gasteiger partial charge in [0.1, 0.15) is 6.54 Å². The molecule has 1 aromatic carbocycles. The average molecular weight is 299 g/mol. The van der Waals surface area contributed by atoms with E-state index in [1.807, 2.05) is 0 Å². The molecule has 7 heteroatoms. The number of hydrogen-bond acceptors (Lipinski definition) is 5. The Hall–Kier alpha value is -1.66. The number of hydrogen-bond donors (Lipinski definition) is 1. The van der Waals surface area contributed by atoms with Gasteiger partial charge in [-0.15, -0.1) is 11.3 Å². The number of thiazole rings is 1. The van der Waals surface area contributed by atoms with E-state index in [0.717, 1.165) is 4.70 Å². The summed E-state index contributed by atoms with van der Waals surface area (Å²) in [6, 6.07) is 5.08. The lowest BCUT2D eigenvalue weighted by Gasteiger charge is -2.04. The smallest absolute Gasteiger partial charge is 0.325 e. The maximum Gasteiger partial charge on any atom is 0.325 e. The maximum absolute atomic E-state index is 11.8. The summed E-state index contributed by atoms with van der Waals surface area (Å²) in [5.41, 5.74) is 1.09. The van der Waals surface area contributed by atoms with Crippen LogP contribution in [0.1, 0.15) is 17.3 Å². The molecule has 1 aromatic heterocycles. The minimum absolute atomic E-state index is 0.150. The monoisotopic (exact) mass is 298 g/mol. The van der Waals surface area contributed by atoms with Gasteiger partial charge in [-0.3, -0.25) is 9.59 Å². The van der Waals surface area contributed by atoms with Crippen LogP contribution in [0, 0.1) is 0 Å². The summed E-state index contributed by atoms with van der Waals surface area (Å²) in [6.07, 6.45) is 0. The van der Waals surface area contributed by atoms with Gasteiger partial charge in [0.05, 0.1) is 16.8 Å². The van der Waals surface area contributed by atoms with Crippen LogP contribution in [0.3, 0.4) is 0 Å². The summed E-state index contributed by atoms with van der Waals surface area (Å²) in [5, 5.41) is 2.48. The Bertz CT molecular complexity index is 626. The van der Waals surface area contributed by atoms with Gasteiger partial charge in [-0.05, 0) is 25.1 Å². The number of nitrogens with zero attached hydrogens (tertiary/aromatic N) is 1. The molecule has 100 valence electrons. The van der Waals surface area contributed by atoms with Crippen LogP contribution in [-0.4, -0.2) is 30.0 Å². The van der Waals surface area contributed by atoms with Gasteiger partial charge in [0.25, 0.3) is 5.91 Å². The van der Waals surface area contributed by atoms with Gasteiger partial charge in [0.2, 0.25) is 0 Å². The number of ether oxygens (including phenoxy) is 1. The first-order chi connectivity index (χ1) is 9.10. The summed E-state index contributed by atoms with van der Waals surface area (Å²) in [4.78, 5) is 27.1. The lowest BCUT2D eigenvalue weighted by Crippen LogP contribution is -2.30. The molecular formula is C12H11ClN2O3S. The third-order valence-corrected chi connectivity index (χ3v) is 3.46. The molecule has 0 aliphatic heterocycles. The topological polar surface area (TPSA) is 68.3 Å². The van der Waals surface area contributed by atoms with Crippen molar-refractivity contribution in [1.82, 2.24) is 10.3 Å². The molecule has 0 atom stereocenters. The number of aromatic nitrogens is 1. The standard InChI is InChI=1S/C12H11ClN2O3S/c1-2-18-10(16)6-14-11(17)7-3-4-9-8(5-7)15-12(13)19-9/h3-5H,2,6H2,1H3,(H,14,17). The van der Waals surface area contributed by atoms with Gasteiger partial charge in [0.15, 0.2) is 4.47 Å². The molecule has 0 saturated carbocycles. The second-order valence-electron chi connectivity index (χ2n) is 3.64. The van der Waals surface area contributed by atoms with Crippen molar-refractivity contribution >= 4 is 45.0 Å². The lowest BCUT2D eigenvalue weighted by atomic mass is 10.2. The molecular weight excluding hydrogens is 288 g/mol. The maximum atomic E-state index is 11.8. The Morgan fingerprint density at radius 1 is 1.47 bits per heavy atom. The Kier molecular flexibility index (Phi) is 4.34. The van der Waals surface area contributed by atoms with E-state index in [0.29, 0.717) is 15.5 Å². The molecule has 1 N–H and O–H groups in total. The fourth-order valence-corrected chi connectivity index (χ4v) is 2.52. The Balaban J connectivity index is 2.06. The van der Waals surface area contributed by atoms with Crippen LogP contribution in [0.2, 0.25) is 4.47 Å². The molecule has 2 rings (SSSR count). The van der Waals surface area contributed by atoms with Crippen molar-refractivity contribution in [3.05, 3.63) is 28.2 Å². The van der Waals surface area contributed by atoms with Crippen LogP contribution in [0.15, 0.2) is 18.2 Å². The SMILES string of the molecule is CCOC(=O)CNC(=O)c1ccc2sc(Cl)nc2c1. The van der Waals surface area contributed by atoms with E-state index in [4.69, 9.17) is 16.3 Å². The van der Waals surface area contributed by atoms with E-state index in [2.05, 4.69) is 10.3 Å². The number of benzene rings is 1. The molecule has 0 radical (unpaired) electrons. The number of nitrogens with one attached hydrogen (secondary N) is 1. The van der Waals surface area contributed by atoms with E-state index in [1.165, 1.54) is 11.3 Å². The molecule has 19 heavy (non-hydrogen) atoms. The zero-order valence-electron chi connectivity index (χ0n) is 10.1. The minimum atomic E-state index is -0.464. The average Bonchev–Trinajstić information content (AvgIpc) is 2.75. The van der Waals surface area contributed by atoms with Crippen molar-refractivity contribution in [2.24, 2.45) is 0 Å². The highest BCUT2D eigenvalue weighted by atomic mass is 35.5. The fraction of sp³-hybridized carbons (Fsp3) is 0.250. The summed E-state index contributed by atoms with van der Waals surface area (Å²) in [5.74, 6) is -0.812. The molecule has 1 heterocycles. The molecule has 0 fully saturated rings. The molecule has 0 bridgehead atoms. The van der Waals surface area contributed by atoms with Crippen molar-refractivity contribution < 1.29 is 14.3 Å². The number of rotatable bonds is 4. The third-order valence-electron chi connectivity index (χ3n) is 2.32. The predicted molar refractivity (Wildman–Crippen MR) is 73.6 cm³/mol. The third kappa shape index (κ3) is 3.42. The quantitative estimate of drug-likeness (QED) is 0.879. The van der Waals surface area contributed by atoms with Crippen LogP contribution >= 0.6 is 22.9 Å². The molecule has 0 aliphatic carbocycles. The van der Waals surface area contributed by atoms with Crippen LogP contribution in [0.4, 0.5) is 0 Å². The van der Waals surface area contributed by atoms with E-state index < -0.39 is 5.97 Å². The summed E-state index contributed by atoms with van der Waals surface area (Å²) in [6.45, 7) is 1.85. The Morgan fingerprint density at radius 3 is 3.00 bits per heavy atom. The van der Waals surface area contributed by atoms with E-state index in [1.54, 1.807) is 25.1 Å². The van der Waals surface area contributed by atoms with E-state index in [-0.39, 0.29) is 19.1 Å². The molecule has 0 unspecified atom stereocenters. The molecule has 0 saturated heterocycles. The number of esters is 1. The first-order valence-electron chi connectivity index (χ1n) is 5.60. The van der Waals surface area contributed by atoms with Gasteiger partial charge in [-0.2, -0.15) is 0 Å². The number of halogens is 1. The van der Waals surface area contributed by atoms with Gasteiger partial charge in [0, 0.05) is 5.56 Å². The molecule has 5 nitrogen and oxygen atoms in total. The van der Waals surface area contributed by atoms with Gasteiger partial charge in [-0.1, -0.05) is 11.6 Å². The lowest BCUT2D eigenvalue weighted by molar-refractivity contribution is -0.141. The summed E-state index contributed by atoms with van der Waals surface area (Å²) in [7, 11) is 0. The normalized spacial score (nSPS) is 10.4. The zero-order valence-corrected chi connectivity index (χ0v) is 11.7. The van der Waals surface area contributed by atoms with E-state index in [9.17, 15) is 9.59 Å². The van der Waals surface area contributed by atoms with E-state index >= 15 is 0 Å². The highest BCUT2D eigenvalue weighted by Crippen LogP contribution is 2.26. The molecule has 1 amide bonds. The highest BCUT2D eigenvalue weighted by Gasteiger charge is 2.10. The first kappa shape index (κ1) is 13.8. The molecule has 2 aromatic rings. The molecule has 0 spiro atoms. The predicted octanol–water partition coefficient (Wildman–Crippen LogP) is 2.24. The highest BCUT2D eigenvalue weighted by molar-refractivity contribution is 7.22. The van der Waals surface area contributed by atoms with Crippen LogP contribution < -0.4 is 5.32 Å². The number of carbonyl (C=O) groups is 2. The Morgan fingerprint density at radius 2 is 2.26 bits per heavy atom. The van der Waals surface area contributed by atoms with Crippen LogP contribution in [0.5, 0.6) is 0 Å². The second-order valence-corrected chi connectivity index (χ2v) is 5.25. The van der Waals surface area contributed by atoms with Gasteiger partial charge >= 0.3 is 5.97 Å². The number of fused-ring (bicyclic) bond motifs is 1. The first-order valence-corrected chi connectivity index (χ1v) is 6.79. The summed E-state index contributed by atoms with van der Waals surface area (Å²) >= 11 is 7.14. The fourth-order valence-electron chi connectivity index (χ4n) is 1.51. The van der Waals surface area contributed by atoms with Crippen LogP contribution in [0.25, 0.3) is 10.2 Å². The van der Waals surface area contributed by atoms with Gasteiger partial charge in [-0.25, -0.2) is 4.98 Å². The van der Waals surface area contributed by atoms with Crippen molar-refractivity contribution in [2.75, 3.05) is 13.2 Å². The Labute approximate surface area is 118 Å². The van der Waals surface area contributed by atoms with Crippen molar-refractivity contribution in [2.45, 2.75) is 6.92 Å². The number of carbonyl (C=O) groups excluding carboxylic acids is 2. The summed E-state index contributed by atoms with van der Waals surface area (Å²) < 4.78 is 6.06. The van der Waals surface area contributed by atoms with Crippen molar-refractivity contribution in [3.63, 3.8) is 0 Å². The zero-order chi connectivity index (χ0) is 13.8. The van der Waals surface area contributed by atoms with Crippen molar-refractivity contribution in [3.8, 4) is 0 Å². The van der Waals surface area contributed by atoms with Crippen LogP contribution in [-0.2, 0) is 9.53 Å². The van der Waals surface area contributed by atoms with Gasteiger partial charge < -0.3 is 10.1 Å². The number of amides is 1. The molecule has 0 aliphatic rings.